The second-order valence-corrected chi connectivity index (χ2v) is 8.41. The number of ether oxygens (including phenoxy) is 2. The van der Waals surface area contributed by atoms with Crippen LogP contribution in [0.3, 0.4) is 0 Å². The van der Waals surface area contributed by atoms with Gasteiger partial charge in [0.15, 0.2) is 5.78 Å². The maximum absolute atomic E-state index is 14.3. The Bertz CT molecular complexity index is 535. The van der Waals surface area contributed by atoms with E-state index in [1.165, 1.54) is 0 Å². The summed E-state index contributed by atoms with van der Waals surface area (Å²) in [6, 6.07) is 0. The van der Waals surface area contributed by atoms with Crippen LogP contribution >= 0.6 is 0 Å². The van der Waals surface area contributed by atoms with Crippen molar-refractivity contribution in [3.05, 3.63) is 0 Å². The second-order valence-electron chi connectivity index (χ2n) is 8.41. The van der Waals surface area contributed by atoms with E-state index in [0.717, 1.165) is 4.90 Å². The molecular formula is C18H30FNO5. The van der Waals surface area contributed by atoms with Gasteiger partial charge in [-0.05, 0) is 33.1 Å². The molecule has 0 radical (unpaired) electrons. The molecule has 1 aliphatic rings. The largest absolute Gasteiger partial charge is 0.466 e. The van der Waals surface area contributed by atoms with E-state index in [2.05, 4.69) is 0 Å². The summed E-state index contributed by atoms with van der Waals surface area (Å²) in [5, 5.41) is 0. The molecule has 0 saturated carbocycles. The maximum atomic E-state index is 14.3. The van der Waals surface area contributed by atoms with Gasteiger partial charge in [0, 0.05) is 6.42 Å². The molecule has 0 bridgehead atoms. The molecule has 7 heteroatoms. The Hall–Kier alpha value is -1.66. The summed E-state index contributed by atoms with van der Waals surface area (Å²) in [5.74, 6) is -1.20. The number of rotatable bonds is 4. The van der Waals surface area contributed by atoms with Gasteiger partial charge in [-0.2, -0.15) is 0 Å². The van der Waals surface area contributed by atoms with Gasteiger partial charge in [0.05, 0.1) is 13.2 Å². The van der Waals surface area contributed by atoms with Crippen molar-refractivity contribution < 1.29 is 28.2 Å². The van der Waals surface area contributed by atoms with Gasteiger partial charge in [-0.3, -0.25) is 14.5 Å². The third-order valence-corrected chi connectivity index (χ3v) is 4.28. The van der Waals surface area contributed by atoms with Crippen LogP contribution in [0.4, 0.5) is 9.18 Å². The van der Waals surface area contributed by atoms with Crippen LogP contribution in [0.1, 0.15) is 61.3 Å². The van der Waals surface area contributed by atoms with E-state index in [9.17, 15) is 18.8 Å². The van der Waals surface area contributed by atoms with E-state index >= 15 is 0 Å². The van der Waals surface area contributed by atoms with Crippen LogP contribution in [-0.4, -0.2) is 53.2 Å². The van der Waals surface area contributed by atoms with Crippen LogP contribution in [0.2, 0.25) is 0 Å². The van der Waals surface area contributed by atoms with Gasteiger partial charge in [0.1, 0.15) is 23.7 Å². The van der Waals surface area contributed by atoms with Gasteiger partial charge in [0.2, 0.25) is 0 Å². The molecule has 1 fully saturated rings. The molecule has 0 aromatic heterocycles. The van der Waals surface area contributed by atoms with E-state index < -0.39 is 47.0 Å². The third kappa shape index (κ3) is 4.70. The summed E-state index contributed by atoms with van der Waals surface area (Å²) in [5.41, 5.74) is -3.02. The van der Waals surface area contributed by atoms with Crippen molar-refractivity contribution in [1.29, 1.82) is 0 Å². The first-order valence-corrected chi connectivity index (χ1v) is 8.58. The molecule has 0 aromatic rings. The topological polar surface area (TPSA) is 72.9 Å². The summed E-state index contributed by atoms with van der Waals surface area (Å²) < 4.78 is 24.5. The summed E-state index contributed by atoms with van der Waals surface area (Å²) in [6.07, 6.45) is -2.77. The minimum Gasteiger partial charge on any atom is -0.466 e. The minimum absolute atomic E-state index is 0.149. The molecule has 144 valence electrons. The quantitative estimate of drug-likeness (QED) is 0.569. The van der Waals surface area contributed by atoms with Crippen LogP contribution in [0.5, 0.6) is 0 Å². The van der Waals surface area contributed by atoms with E-state index in [0.29, 0.717) is 0 Å². The highest BCUT2D eigenvalue weighted by Crippen LogP contribution is 2.46. The lowest BCUT2D eigenvalue weighted by Crippen LogP contribution is -2.61. The summed E-state index contributed by atoms with van der Waals surface area (Å²) in [6.45, 7) is 11.9. The van der Waals surface area contributed by atoms with Crippen molar-refractivity contribution in [2.75, 3.05) is 13.2 Å². The molecule has 2 atom stereocenters. The zero-order valence-corrected chi connectivity index (χ0v) is 16.3. The molecule has 1 saturated heterocycles. The number of likely N-dealkylation sites (tertiary alicyclic amines) is 1. The maximum Gasteiger partial charge on any atom is 0.411 e. The smallest absolute Gasteiger partial charge is 0.411 e. The Morgan fingerprint density at radius 2 is 1.72 bits per heavy atom. The number of alkyl halides is 1. The first-order chi connectivity index (χ1) is 11.2. The van der Waals surface area contributed by atoms with Crippen molar-refractivity contribution in [3.8, 4) is 0 Å². The number of carbonyl (C=O) groups is 3. The van der Waals surface area contributed by atoms with Gasteiger partial charge in [-0.1, -0.05) is 20.8 Å². The molecule has 1 heterocycles. The highest BCUT2D eigenvalue weighted by Gasteiger charge is 2.60. The first kappa shape index (κ1) is 21.4. The number of amides is 1. The van der Waals surface area contributed by atoms with Crippen molar-refractivity contribution in [2.45, 2.75) is 78.6 Å². The fraction of sp³-hybridized carbons (Fsp3) is 0.833. The Labute approximate surface area is 149 Å². The Morgan fingerprint density at radius 3 is 2.16 bits per heavy atom. The lowest BCUT2D eigenvalue weighted by atomic mass is 9.68. The fourth-order valence-corrected chi connectivity index (χ4v) is 3.28. The average molecular weight is 359 g/mol. The SMILES string of the molecule is CCOC(=O)CC(=O)[C@@]1(C(C)(C)C)C[C@@H](F)CN1C(=O)OC(C)(C)C. The number of carbonyl (C=O) groups excluding carboxylic acids is 3. The van der Waals surface area contributed by atoms with E-state index in [1.807, 2.05) is 0 Å². The lowest BCUT2D eigenvalue weighted by molar-refractivity contribution is -0.150. The number of hydrogen-bond donors (Lipinski definition) is 0. The summed E-state index contributed by atoms with van der Waals surface area (Å²) in [7, 11) is 0. The molecule has 1 rings (SSSR count). The van der Waals surface area contributed by atoms with Gasteiger partial charge < -0.3 is 9.47 Å². The Kier molecular flexibility index (Phi) is 6.24. The van der Waals surface area contributed by atoms with Crippen LogP contribution in [0.25, 0.3) is 0 Å². The van der Waals surface area contributed by atoms with Crippen molar-refractivity contribution in [2.24, 2.45) is 5.41 Å². The number of hydrogen-bond acceptors (Lipinski definition) is 5. The highest BCUT2D eigenvalue weighted by molar-refractivity contribution is 6.03. The predicted octanol–water partition coefficient (Wildman–Crippen LogP) is 3.27. The standard InChI is InChI=1S/C18H30FNO5/c1-8-24-14(22)9-13(21)18(16(2,3)4)10-12(19)11-20(18)15(23)25-17(5,6)7/h12H,8-11H2,1-7H3/t12-,18-/m1/s1. The zero-order valence-electron chi connectivity index (χ0n) is 16.3. The Morgan fingerprint density at radius 1 is 1.16 bits per heavy atom. The van der Waals surface area contributed by atoms with Crippen LogP contribution in [0, 0.1) is 5.41 Å². The molecular weight excluding hydrogens is 329 g/mol. The molecule has 25 heavy (non-hydrogen) atoms. The van der Waals surface area contributed by atoms with Crippen molar-refractivity contribution in [3.63, 3.8) is 0 Å². The lowest BCUT2D eigenvalue weighted by Gasteiger charge is -2.46. The van der Waals surface area contributed by atoms with E-state index in [-0.39, 0.29) is 19.6 Å². The van der Waals surface area contributed by atoms with E-state index in [4.69, 9.17) is 9.47 Å². The number of nitrogens with zero attached hydrogens (tertiary/aromatic N) is 1. The molecule has 6 nitrogen and oxygen atoms in total. The minimum atomic E-state index is -1.46. The molecule has 0 spiro atoms. The van der Waals surface area contributed by atoms with Gasteiger partial charge >= 0.3 is 12.1 Å². The monoisotopic (exact) mass is 359 g/mol. The first-order valence-electron chi connectivity index (χ1n) is 8.58. The predicted molar refractivity (Wildman–Crippen MR) is 90.9 cm³/mol. The molecule has 1 aliphatic heterocycles. The Balaban J connectivity index is 3.26. The molecule has 0 aromatic carbocycles. The van der Waals surface area contributed by atoms with Crippen LogP contribution in [-0.2, 0) is 19.1 Å². The number of halogens is 1. The van der Waals surface area contributed by atoms with E-state index in [1.54, 1.807) is 48.5 Å². The van der Waals surface area contributed by atoms with Crippen LogP contribution < -0.4 is 0 Å². The van der Waals surface area contributed by atoms with Gasteiger partial charge in [-0.25, -0.2) is 9.18 Å². The fourth-order valence-electron chi connectivity index (χ4n) is 3.28. The molecule has 0 aliphatic carbocycles. The van der Waals surface area contributed by atoms with Gasteiger partial charge in [0.25, 0.3) is 0 Å². The third-order valence-electron chi connectivity index (χ3n) is 4.28. The van der Waals surface area contributed by atoms with Crippen molar-refractivity contribution >= 4 is 17.8 Å². The molecule has 1 amide bonds. The second kappa shape index (κ2) is 7.30. The summed E-state index contributed by atoms with van der Waals surface area (Å²) in [4.78, 5) is 38.6. The average Bonchev–Trinajstić information content (AvgIpc) is 2.75. The van der Waals surface area contributed by atoms with Crippen molar-refractivity contribution in [1.82, 2.24) is 4.90 Å². The highest BCUT2D eigenvalue weighted by atomic mass is 19.1. The van der Waals surface area contributed by atoms with Crippen LogP contribution in [0.15, 0.2) is 0 Å². The zero-order chi connectivity index (χ0) is 19.6. The number of ketones is 1. The number of Topliss-reactive ketones (excluding diaryl/α,β-unsaturated/α-hetero) is 1. The molecule has 0 N–H and O–H groups in total. The normalized spacial score (nSPS) is 24.2. The summed E-state index contributed by atoms with van der Waals surface area (Å²) >= 11 is 0. The number of esters is 1. The van der Waals surface area contributed by atoms with Gasteiger partial charge in [-0.15, -0.1) is 0 Å². The molecule has 0 unspecified atom stereocenters.